The van der Waals surface area contributed by atoms with E-state index in [4.69, 9.17) is 0 Å². The van der Waals surface area contributed by atoms with Crippen molar-refractivity contribution in [2.75, 3.05) is 0 Å². The molecule has 0 aromatic rings. The lowest BCUT2D eigenvalue weighted by atomic mass is 9.99. The van der Waals surface area contributed by atoms with Gasteiger partial charge in [-0.3, -0.25) is 4.79 Å². The molecule has 1 nitrogen and oxygen atoms in total. The van der Waals surface area contributed by atoms with E-state index in [0.29, 0.717) is 5.78 Å². The molecule has 0 bridgehead atoms. The minimum Gasteiger partial charge on any atom is -0.300 e. The summed E-state index contributed by atoms with van der Waals surface area (Å²) in [5.41, 5.74) is 0. The van der Waals surface area contributed by atoms with Crippen LogP contribution in [0.15, 0.2) is 0 Å². The molecule has 1 rings (SSSR count). The van der Waals surface area contributed by atoms with Crippen LogP contribution in [0.1, 0.15) is 71.1 Å². The zero-order chi connectivity index (χ0) is 10.2. The molecule has 0 saturated heterocycles. The maximum absolute atomic E-state index is 11.0. The number of rotatable bonds is 7. The SMILES string of the molecule is CCCCCCCCC1CCC(=O)C1. The Labute approximate surface area is 88.3 Å². The molecule has 82 valence electrons. The van der Waals surface area contributed by atoms with Gasteiger partial charge in [0.05, 0.1) is 0 Å². The molecule has 14 heavy (non-hydrogen) atoms. The van der Waals surface area contributed by atoms with Crippen LogP contribution in [0.2, 0.25) is 0 Å². The monoisotopic (exact) mass is 196 g/mol. The standard InChI is InChI=1S/C13H24O/c1-2-3-4-5-6-7-8-12-9-10-13(14)11-12/h12H,2-11H2,1H3. The summed E-state index contributed by atoms with van der Waals surface area (Å²) in [7, 11) is 0. The van der Waals surface area contributed by atoms with Gasteiger partial charge in [0.15, 0.2) is 0 Å². The Bertz CT molecular complexity index is 163. The van der Waals surface area contributed by atoms with Crippen molar-refractivity contribution < 1.29 is 4.79 Å². The van der Waals surface area contributed by atoms with Crippen molar-refractivity contribution in [2.45, 2.75) is 71.1 Å². The van der Waals surface area contributed by atoms with Crippen LogP contribution in [-0.2, 0) is 4.79 Å². The molecule has 0 radical (unpaired) electrons. The highest BCUT2D eigenvalue weighted by Gasteiger charge is 2.20. The van der Waals surface area contributed by atoms with Gasteiger partial charge >= 0.3 is 0 Å². The Morgan fingerprint density at radius 1 is 1.14 bits per heavy atom. The molecule has 0 spiro atoms. The molecule has 1 aliphatic rings. The highest BCUT2D eigenvalue weighted by Crippen LogP contribution is 2.27. The quantitative estimate of drug-likeness (QED) is 0.560. The highest BCUT2D eigenvalue weighted by molar-refractivity contribution is 5.80. The maximum atomic E-state index is 11.0. The van der Waals surface area contributed by atoms with Crippen molar-refractivity contribution in [1.29, 1.82) is 0 Å². The first-order valence-corrected chi connectivity index (χ1v) is 6.34. The number of ketones is 1. The third-order valence-electron chi connectivity index (χ3n) is 3.31. The van der Waals surface area contributed by atoms with Crippen molar-refractivity contribution >= 4 is 5.78 Å². The van der Waals surface area contributed by atoms with Gasteiger partial charge < -0.3 is 0 Å². The normalized spacial score (nSPS) is 21.8. The first-order chi connectivity index (χ1) is 6.83. The van der Waals surface area contributed by atoms with E-state index in [-0.39, 0.29) is 0 Å². The third-order valence-corrected chi connectivity index (χ3v) is 3.31. The van der Waals surface area contributed by atoms with Gasteiger partial charge in [0.25, 0.3) is 0 Å². The van der Waals surface area contributed by atoms with Gasteiger partial charge in [-0.1, -0.05) is 51.9 Å². The van der Waals surface area contributed by atoms with Gasteiger partial charge in [-0.25, -0.2) is 0 Å². The van der Waals surface area contributed by atoms with Crippen molar-refractivity contribution in [3.05, 3.63) is 0 Å². The number of carbonyl (C=O) groups excluding carboxylic acids is 1. The van der Waals surface area contributed by atoms with Gasteiger partial charge in [-0.05, 0) is 12.3 Å². The van der Waals surface area contributed by atoms with Crippen molar-refractivity contribution in [2.24, 2.45) is 5.92 Å². The lowest BCUT2D eigenvalue weighted by molar-refractivity contribution is -0.117. The Morgan fingerprint density at radius 3 is 2.50 bits per heavy atom. The Hall–Kier alpha value is -0.330. The van der Waals surface area contributed by atoms with Crippen LogP contribution in [0.3, 0.4) is 0 Å². The van der Waals surface area contributed by atoms with Gasteiger partial charge in [-0.15, -0.1) is 0 Å². The molecule has 1 aliphatic carbocycles. The summed E-state index contributed by atoms with van der Waals surface area (Å²) in [5, 5.41) is 0. The maximum Gasteiger partial charge on any atom is 0.133 e. The summed E-state index contributed by atoms with van der Waals surface area (Å²) in [4.78, 5) is 11.0. The molecule has 1 unspecified atom stereocenters. The van der Waals surface area contributed by atoms with Gasteiger partial charge in [0.2, 0.25) is 0 Å². The molecular weight excluding hydrogens is 172 g/mol. The van der Waals surface area contributed by atoms with Gasteiger partial charge in [-0.2, -0.15) is 0 Å². The van der Waals surface area contributed by atoms with E-state index in [1.54, 1.807) is 0 Å². The van der Waals surface area contributed by atoms with Gasteiger partial charge in [0.1, 0.15) is 5.78 Å². The van der Waals surface area contributed by atoms with E-state index in [1.165, 1.54) is 51.4 Å². The van der Waals surface area contributed by atoms with Crippen LogP contribution >= 0.6 is 0 Å². The molecule has 0 aromatic heterocycles. The highest BCUT2D eigenvalue weighted by atomic mass is 16.1. The Balaban J connectivity index is 1.86. The third kappa shape index (κ3) is 4.78. The predicted molar refractivity (Wildman–Crippen MR) is 60.3 cm³/mol. The molecule has 1 heteroatoms. The number of hydrogen-bond acceptors (Lipinski definition) is 1. The largest absolute Gasteiger partial charge is 0.300 e. The molecular formula is C13H24O. The van der Waals surface area contributed by atoms with E-state index in [0.717, 1.165) is 18.8 Å². The molecule has 0 heterocycles. The van der Waals surface area contributed by atoms with Crippen LogP contribution in [0.5, 0.6) is 0 Å². The predicted octanol–water partition coefficient (Wildman–Crippen LogP) is 4.11. The zero-order valence-corrected chi connectivity index (χ0v) is 9.56. The zero-order valence-electron chi connectivity index (χ0n) is 9.56. The summed E-state index contributed by atoms with van der Waals surface area (Å²) in [6.07, 6.45) is 12.5. The van der Waals surface area contributed by atoms with Crippen LogP contribution in [0, 0.1) is 5.92 Å². The van der Waals surface area contributed by atoms with Crippen LogP contribution in [-0.4, -0.2) is 5.78 Å². The minimum absolute atomic E-state index is 0.501. The van der Waals surface area contributed by atoms with E-state index < -0.39 is 0 Å². The molecule has 0 amide bonds. The fraction of sp³-hybridized carbons (Fsp3) is 0.923. The second-order valence-electron chi connectivity index (χ2n) is 4.70. The smallest absolute Gasteiger partial charge is 0.133 e. The summed E-state index contributed by atoms with van der Waals surface area (Å²) in [5.74, 6) is 1.25. The van der Waals surface area contributed by atoms with Crippen LogP contribution in [0.25, 0.3) is 0 Å². The number of carbonyl (C=O) groups is 1. The fourth-order valence-electron chi connectivity index (χ4n) is 2.35. The molecule has 1 saturated carbocycles. The first kappa shape index (κ1) is 11.7. The summed E-state index contributed by atoms with van der Waals surface area (Å²) < 4.78 is 0. The second-order valence-corrected chi connectivity index (χ2v) is 4.70. The summed E-state index contributed by atoms with van der Waals surface area (Å²) in [6.45, 7) is 2.25. The molecule has 0 aliphatic heterocycles. The van der Waals surface area contributed by atoms with Gasteiger partial charge in [0, 0.05) is 12.8 Å². The molecule has 1 atom stereocenters. The van der Waals surface area contributed by atoms with Crippen molar-refractivity contribution in [3.8, 4) is 0 Å². The number of unbranched alkanes of at least 4 members (excludes halogenated alkanes) is 5. The Morgan fingerprint density at radius 2 is 1.86 bits per heavy atom. The fourth-order valence-corrected chi connectivity index (χ4v) is 2.35. The lowest BCUT2D eigenvalue weighted by Crippen LogP contribution is -1.95. The number of Topliss-reactive ketones (excluding diaryl/α,β-unsaturated/α-hetero) is 1. The van der Waals surface area contributed by atoms with Crippen LogP contribution in [0.4, 0.5) is 0 Å². The molecule has 0 N–H and O–H groups in total. The molecule has 0 aromatic carbocycles. The Kier molecular flexibility index (Phi) is 5.89. The topological polar surface area (TPSA) is 17.1 Å². The van der Waals surface area contributed by atoms with E-state index in [9.17, 15) is 4.79 Å². The minimum atomic E-state index is 0.501. The van der Waals surface area contributed by atoms with Crippen molar-refractivity contribution in [1.82, 2.24) is 0 Å². The van der Waals surface area contributed by atoms with Crippen LogP contribution < -0.4 is 0 Å². The average molecular weight is 196 g/mol. The average Bonchev–Trinajstić information content (AvgIpc) is 2.58. The summed E-state index contributed by atoms with van der Waals surface area (Å²) >= 11 is 0. The number of hydrogen-bond donors (Lipinski definition) is 0. The lowest BCUT2D eigenvalue weighted by Gasteiger charge is -2.06. The van der Waals surface area contributed by atoms with Crippen molar-refractivity contribution in [3.63, 3.8) is 0 Å². The summed E-state index contributed by atoms with van der Waals surface area (Å²) in [6, 6.07) is 0. The first-order valence-electron chi connectivity index (χ1n) is 6.34. The second kappa shape index (κ2) is 7.03. The van der Waals surface area contributed by atoms with E-state index >= 15 is 0 Å². The van der Waals surface area contributed by atoms with E-state index in [1.807, 2.05) is 0 Å². The van der Waals surface area contributed by atoms with E-state index in [2.05, 4.69) is 6.92 Å². The molecule has 1 fully saturated rings.